The van der Waals surface area contributed by atoms with E-state index in [1.807, 2.05) is 30.3 Å². The molecule has 1 saturated heterocycles. The molecule has 0 saturated carbocycles. The van der Waals surface area contributed by atoms with Crippen molar-refractivity contribution in [2.75, 3.05) is 7.05 Å². The van der Waals surface area contributed by atoms with Crippen LogP contribution in [-0.2, 0) is 11.4 Å². The molecule has 2 aromatic carbocycles. The van der Waals surface area contributed by atoms with Gasteiger partial charge < -0.3 is 10.1 Å². The second kappa shape index (κ2) is 7.44. The van der Waals surface area contributed by atoms with E-state index >= 15 is 0 Å². The van der Waals surface area contributed by atoms with Gasteiger partial charge in [0, 0.05) is 17.6 Å². The molecule has 25 heavy (non-hydrogen) atoms. The molecule has 1 aliphatic rings. The molecule has 0 bridgehead atoms. The van der Waals surface area contributed by atoms with Crippen molar-refractivity contribution in [3.8, 4) is 5.75 Å². The van der Waals surface area contributed by atoms with Crippen molar-refractivity contribution in [1.29, 1.82) is 0 Å². The molecular formula is C18H14Cl2N2O2S. The van der Waals surface area contributed by atoms with E-state index in [9.17, 15) is 4.79 Å². The van der Waals surface area contributed by atoms with Crippen LogP contribution in [0.1, 0.15) is 11.1 Å². The number of amides is 1. The van der Waals surface area contributed by atoms with Crippen molar-refractivity contribution in [2.24, 2.45) is 0 Å². The highest BCUT2D eigenvalue weighted by atomic mass is 35.5. The normalized spacial score (nSPS) is 15.6. The van der Waals surface area contributed by atoms with Crippen LogP contribution in [0, 0.1) is 0 Å². The molecular weight excluding hydrogens is 379 g/mol. The molecule has 0 aromatic heterocycles. The Balaban J connectivity index is 1.74. The van der Waals surface area contributed by atoms with Crippen LogP contribution in [-0.4, -0.2) is 23.0 Å². The maximum absolute atomic E-state index is 12.0. The summed E-state index contributed by atoms with van der Waals surface area (Å²) >= 11 is 17.4. The zero-order valence-electron chi connectivity index (χ0n) is 13.3. The molecule has 0 unspecified atom stereocenters. The fraction of sp³-hybridized carbons (Fsp3) is 0.111. The van der Waals surface area contributed by atoms with Crippen LogP contribution in [0.3, 0.4) is 0 Å². The largest absolute Gasteiger partial charge is 0.487 e. The van der Waals surface area contributed by atoms with Crippen molar-refractivity contribution in [2.45, 2.75) is 6.61 Å². The SMILES string of the molecule is CN1C(=O)/C(=C/c2ccc(OCc3ccccc3Cl)c(Cl)c2)NC1=S. The highest BCUT2D eigenvalue weighted by Crippen LogP contribution is 2.28. The van der Waals surface area contributed by atoms with Crippen molar-refractivity contribution < 1.29 is 9.53 Å². The lowest BCUT2D eigenvalue weighted by Crippen LogP contribution is -2.25. The monoisotopic (exact) mass is 392 g/mol. The predicted octanol–water partition coefficient (Wildman–Crippen LogP) is 4.26. The van der Waals surface area contributed by atoms with E-state index in [1.54, 1.807) is 25.3 Å². The molecule has 0 radical (unpaired) electrons. The Morgan fingerprint density at radius 3 is 2.60 bits per heavy atom. The summed E-state index contributed by atoms with van der Waals surface area (Å²) in [7, 11) is 1.62. The van der Waals surface area contributed by atoms with E-state index in [0.717, 1.165) is 11.1 Å². The lowest BCUT2D eigenvalue weighted by atomic mass is 10.2. The number of carbonyl (C=O) groups is 1. The van der Waals surface area contributed by atoms with Gasteiger partial charge in [0.25, 0.3) is 5.91 Å². The number of carbonyl (C=O) groups excluding carboxylic acids is 1. The smallest absolute Gasteiger partial charge is 0.276 e. The van der Waals surface area contributed by atoms with E-state index < -0.39 is 0 Å². The van der Waals surface area contributed by atoms with Gasteiger partial charge in [0.1, 0.15) is 18.1 Å². The fourth-order valence-electron chi connectivity index (χ4n) is 2.28. The fourth-order valence-corrected chi connectivity index (χ4v) is 2.91. The Bertz CT molecular complexity index is 883. The average molecular weight is 393 g/mol. The third-order valence-electron chi connectivity index (χ3n) is 3.69. The van der Waals surface area contributed by atoms with Crippen LogP contribution in [0.5, 0.6) is 5.75 Å². The van der Waals surface area contributed by atoms with Gasteiger partial charge in [0.15, 0.2) is 5.11 Å². The highest BCUT2D eigenvalue weighted by molar-refractivity contribution is 7.80. The van der Waals surface area contributed by atoms with Gasteiger partial charge in [-0.05, 0) is 42.1 Å². The summed E-state index contributed by atoms with van der Waals surface area (Å²) in [6.45, 7) is 0.318. The number of likely N-dealkylation sites (N-methyl/N-ethyl adjacent to an activating group) is 1. The van der Waals surface area contributed by atoms with E-state index in [0.29, 0.717) is 33.2 Å². The van der Waals surface area contributed by atoms with Gasteiger partial charge in [-0.1, -0.05) is 47.5 Å². The molecule has 1 fully saturated rings. The van der Waals surface area contributed by atoms with Crippen molar-refractivity contribution in [3.05, 3.63) is 69.3 Å². The van der Waals surface area contributed by atoms with Crippen LogP contribution < -0.4 is 10.1 Å². The summed E-state index contributed by atoms with van der Waals surface area (Å²) in [6, 6.07) is 12.8. The minimum absolute atomic E-state index is 0.180. The number of ether oxygens (including phenoxy) is 1. The van der Waals surface area contributed by atoms with E-state index in [4.69, 9.17) is 40.2 Å². The van der Waals surface area contributed by atoms with Crippen molar-refractivity contribution in [3.63, 3.8) is 0 Å². The van der Waals surface area contributed by atoms with Gasteiger partial charge in [0.2, 0.25) is 0 Å². The first-order valence-electron chi connectivity index (χ1n) is 7.42. The molecule has 128 valence electrons. The van der Waals surface area contributed by atoms with Gasteiger partial charge in [0.05, 0.1) is 5.02 Å². The number of benzene rings is 2. The number of nitrogens with zero attached hydrogens (tertiary/aromatic N) is 1. The summed E-state index contributed by atoms with van der Waals surface area (Å²) in [5.41, 5.74) is 2.06. The molecule has 3 rings (SSSR count). The number of thiocarbonyl (C=S) groups is 1. The maximum atomic E-state index is 12.0. The van der Waals surface area contributed by atoms with Gasteiger partial charge in [-0.3, -0.25) is 9.69 Å². The third kappa shape index (κ3) is 3.95. The molecule has 1 amide bonds. The Labute approximate surface area is 161 Å². The predicted molar refractivity (Wildman–Crippen MR) is 104 cm³/mol. The first-order valence-corrected chi connectivity index (χ1v) is 8.58. The molecule has 1 aliphatic heterocycles. The van der Waals surface area contributed by atoms with Crippen molar-refractivity contribution in [1.82, 2.24) is 10.2 Å². The number of rotatable bonds is 4. The zero-order chi connectivity index (χ0) is 18.0. The second-order valence-electron chi connectivity index (χ2n) is 5.42. The van der Waals surface area contributed by atoms with Crippen molar-refractivity contribution >= 4 is 52.5 Å². The second-order valence-corrected chi connectivity index (χ2v) is 6.62. The highest BCUT2D eigenvalue weighted by Gasteiger charge is 2.26. The molecule has 7 heteroatoms. The third-order valence-corrected chi connectivity index (χ3v) is 4.73. The number of nitrogens with one attached hydrogen (secondary N) is 1. The first kappa shape index (κ1) is 17.7. The van der Waals surface area contributed by atoms with Gasteiger partial charge in [-0.15, -0.1) is 0 Å². The summed E-state index contributed by atoms with van der Waals surface area (Å²) in [5, 5.41) is 4.34. The van der Waals surface area contributed by atoms with Gasteiger partial charge in [-0.25, -0.2) is 0 Å². The van der Waals surface area contributed by atoms with E-state index in [1.165, 1.54) is 4.90 Å². The van der Waals surface area contributed by atoms with Gasteiger partial charge >= 0.3 is 0 Å². The van der Waals surface area contributed by atoms with Gasteiger partial charge in [-0.2, -0.15) is 0 Å². The number of halogens is 2. The quantitative estimate of drug-likeness (QED) is 0.623. The number of hydrogen-bond acceptors (Lipinski definition) is 3. The Kier molecular flexibility index (Phi) is 5.27. The summed E-state index contributed by atoms with van der Waals surface area (Å²) in [4.78, 5) is 13.4. The Hall–Kier alpha value is -2.08. The van der Waals surface area contributed by atoms with E-state index in [-0.39, 0.29) is 5.91 Å². The number of hydrogen-bond donors (Lipinski definition) is 1. The molecule has 0 atom stereocenters. The Morgan fingerprint density at radius 2 is 1.96 bits per heavy atom. The molecule has 0 spiro atoms. The molecule has 0 aliphatic carbocycles. The van der Waals surface area contributed by atoms with Crippen LogP contribution >= 0.6 is 35.4 Å². The lowest BCUT2D eigenvalue weighted by Gasteiger charge is -2.10. The lowest BCUT2D eigenvalue weighted by molar-refractivity contribution is -0.121. The topological polar surface area (TPSA) is 41.6 Å². The minimum Gasteiger partial charge on any atom is -0.487 e. The van der Waals surface area contributed by atoms with Crippen LogP contribution in [0.2, 0.25) is 10.0 Å². The minimum atomic E-state index is -0.180. The summed E-state index contributed by atoms with van der Waals surface area (Å²) in [5.74, 6) is 0.363. The van der Waals surface area contributed by atoms with E-state index in [2.05, 4.69) is 5.32 Å². The molecule has 2 aromatic rings. The summed E-state index contributed by atoms with van der Waals surface area (Å²) < 4.78 is 5.74. The average Bonchev–Trinajstić information content (AvgIpc) is 2.82. The summed E-state index contributed by atoms with van der Waals surface area (Å²) in [6.07, 6.45) is 1.70. The molecule has 1 heterocycles. The first-order chi connectivity index (χ1) is 12.0. The van der Waals surface area contributed by atoms with Crippen LogP contribution in [0.15, 0.2) is 48.2 Å². The zero-order valence-corrected chi connectivity index (χ0v) is 15.6. The van der Waals surface area contributed by atoms with Crippen LogP contribution in [0.4, 0.5) is 0 Å². The molecule has 4 nitrogen and oxygen atoms in total. The molecule has 1 N–H and O–H groups in total. The maximum Gasteiger partial charge on any atom is 0.276 e. The van der Waals surface area contributed by atoms with Crippen LogP contribution in [0.25, 0.3) is 6.08 Å². The Morgan fingerprint density at radius 1 is 1.20 bits per heavy atom. The standard InChI is InChI=1S/C18H14Cl2N2O2S/c1-22-17(23)15(21-18(22)25)9-11-6-7-16(14(20)8-11)24-10-12-4-2-3-5-13(12)19/h2-9H,10H2,1H3,(H,21,25)/b15-9-.